The number of carboxylic acid groups (broad SMARTS) is 1. The molecule has 80 valence electrons. The van der Waals surface area contributed by atoms with Crippen molar-refractivity contribution in [2.24, 2.45) is 4.99 Å². The lowest BCUT2D eigenvalue weighted by molar-refractivity contribution is -0.693. The Morgan fingerprint density at radius 3 is 3.13 bits per heavy atom. The summed E-state index contributed by atoms with van der Waals surface area (Å²) >= 11 is 0. The highest BCUT2D eigenvalue weighted by atomic mass is 16.4. The summed E-state index contributed by atoms with van der Waals surface area (Å²) in [5.41, 5.74) is 0.970. The lowest BCUT2D eigenvalue weighted by Gasteiger charge is -1.96. The molecule has 0 saturated carbocycles. The number of hydrogen-bond acceptors (Lipinski definition) is 3. The number of aryl methyl sites for hydroxylation is 1. The first kappa shape index (κ1) is 11.4. The second-order valence-corrected chi connectivity index (χ2v) is 3.13. The highest BCUT2D eigenvalue weighted by Crippen LogP contribution is 1.90. The van der Waals surface area contributed by atoms with Gasteiger partial charge in [-0.15, -0.1) is 0 Å². The third-order valence-corrected chi connectivity index (χ3v) is 1.93. The summed E-state index contributed by atoms with van der Waals surface area (Å²) in [6, 6.07) is 3.86. The molecule has 0 aliphatic heterocycles. The molecule has 0 radical (unpaired) electrons. The zero-order valence-corrected chi connectivity index (χ0v) is 8.72. The number of carboxylic acids is 1. The van der Waals surface area contributed by atoms with Gasteiger partial charge in [-0.1, -0.05) is 0 Å². The zero-order chi connectivity index (χ0) is 11.1. The molecular formula is C11H14N2O2. The van der Waals surface area contributed by atoms with Crippen molar-refractivity contribution in [2.75, 3.05) is 6.54 Å². The monoisotopic (exact) mass is 206 g/mol. The SMILES string of the molecule is CC[n+]1cccc(C=NCCC(=O)[O-])c1. The Labute approximate surface area is 88.9 Å². The van der Waals surface area contributed by atoms with Gasteiger partial charge >= 0.3 is 0 Å². The van der Waals surface area contributed by atoms with Crippen molar-refractivity contribution in [3.05, 3.63) is 30.1 Å². The van der Waals surface area contributed by atoms with Gasteiger partial charge in [0.25, 0.3) is 0 Å². The molecule has 0 amide bonds. The maximum absolute atomic E-state index is 10.1. The number of aliphatic carboxylic acids is 1. The number of nitrogens with zero attached hydrogens (tertiary/aromatic N) is 2. The first-order valence-electron chi connectivity index (χ1n) is 4.91. The Morgan fingerprint density at radius 1 is 1.67 bits per heavy atom. The van der Waals surface area contributed by atoms with Crippen LogP contribution in [0.1, 0.15) is 18.9 Å². The van der Waals surface area contributed by atoms with Gasteiger partial charge in [-0.05, 0) is 13.0 Å². The molecule has 0 fully saturated rings. The Balaban J connectivity index is 2.52. The van der Waals surface area contributed by atoms with E-state index in [4.69, 9.17) is 0 Å². The predicted molar refractivity (Wildman–Crippen MR) is 54.4 cm³/mol. The fourth-order valence-corrected chi connectivity index (χ4v) is 1.14. The molecule has 0 aliphatic carbocycles. The maximum atomic E-state index is 10.1. The van der Waals surface area contributed by atoms with E-state index in [1.54, 1.807) is 6.21 Å². The van der Waals surface area contributed by atoms with E-state index in [0.29, 0.717) is 0 Å². The van der Waals surface area contributed by atoms with Crippen molar-refractivity contribution in [1.29, 1.82) is 0 Å². The number of carbonyl (C=O) groups is 1. The molecule has 0 aliphatic rings. The lowest BCUT2D eigenvalue weighted by Crippen LogP contribution is -2.31. The van der Waals surface area contributed by atoms with Crippen LogP contribution in [0.25, 0.3) is 0 Å². The maximum Gasteiger partial charge on any atom is 0.177 e. The summed E-state index contributed by atoms with van der Waals surface area (Å²) in [5.74, 6) is -1.07. The van der Waals surface area contributed by atoms with E-state index in [1.165, 1.54) is 0 Å². The Bertz CT molecular complexity index is 361. The molecule has 0 unspecified atom stereocenters. The van der Waals surface area contributed by atoms with Gasteiger partial charge < -0.3 is 9.90 Å². The van der Waals surface area contributed by atoms with Crippen molar-refractivity contribution in [3.63, 3.8) is 0 Å². The average molecular weight is 206 g/mol. The van der Waals surface area contributed by atoms with Crippen LogP contribution in [0.4, 0.5) is 0 Å². The lowest BCUT2D eigenvalue weighted by atomic mass is 10.3. The number of hydrogen-bond donors (Lipinski definition) is 0. The number of aromatic nitrogens is 1. The smallest absolute Gasteiger partial charge is 0.177 e. The minimum Gasteiger partial charge on any atom is -0.550 e. The molecule has 15 heavy (non-hydrogen) atoms. The third-order valence-electron chi connectivity index (χ3n) is 1.93. The van der Waals surface area contributed by atoms with Crippen LogP contribution in [0.3, 0.4) is 0 Å². The molecule has 0 aromatic carbocycles. The normalized spacial score (nSPS) is 10.7. The van der Waals surface area contributed by atoms with E-state index < -0.39 is 5.97 Å². The molecule has 1 aromatic heterocycles. The first-order chi connectivity index (χ1) is 7.22. The third kappa shape index (κ3) is 4.35. The standard InChI is InChI=1S/C11H14N2O2/c1-2-13-7-3-4-10(9-13)8-12-6-5-11(14)15/h3-4,7-9H,2,5-6H2,1H3. The van der Waals surface area contributed by atoms with E-state index in [0.717, 1.165) is 12.1 Å². The minimum atomic E-state index is -1.07. The van der Waals surface area contributed by atoms with Gasteiger partial charge in [0, 0.05) is 31.2 Å². The van der Waals surface area contributed by atoms with Crippen LogP contribution >= 0.6 is 0 Å². The molecule has 0 saturated heterocycles. The fraction of sp³-hybridized carbons (Fsp3) is 0.364. The molecule has 0 N–H and O–H groups in total. The van der Waals surface area contributed by atoms with Crippen molar-refractivity contribution >= 4 is 12.2 Å². The molecular weight excluding hydrogens is 192 g/mol. The van der Waals surface area contributed by atoms with Gasteiger partial charge in [-0.2, -0.15) is 0 Å². The summed E-state index contributed by atoms with van der Waals surface area (Å²) in [4.78, 5) is 14.1. The molecule has 0 atom stereocenters. The molecule has 0 bridgehead atoms. The van der Waals surface area contributed by atoms with Crippen LogP contribution in [0.15, 0.2) is 29.5 Å². The predicted octanol–water partition coefficient (Wildman–Crippen LogP) is -0.447. The van der Waals surface area contributed by atoms with Gasteiger partial charge in [0.1, 0.15) is 6.54 Å². The Kier molecular flexibility index (Phi) is 4.47. The van der Waals surface area contributed by atoms with Crippen molar-refractivity contribution < 1.29 is 14.5 Å². The topological polar surface area (TPSA) is 56.4 Å². The Hall–Kier alpha value is -1.71. The molecule has 0 spiro atoms. The second-order valence-electron chi connectivity index (χ2n) is 3.13. The zero-order valence-electron chi connectivity index (χ0n) is 8.72. The highest BCUT2D eigenvalue weighted by Gasteiger charge is 1.96. The van der Waals surface area contributed by atoms with Crippen LogP contribution in [0, 0.1) is 0 Å². The number of aliphatic imine (C=N–C) groups is 1. The van der Waals surface area contributed by atoms with E-state index >= 15 is 0 Å². The molecule has 4 nitrogen and oxygen atoms in total. The van der Waals surface area contributed by atoms with Crippen LogP contribution in [-0.2, 0) is 11.3 Å². The van der Waals surface area contributed by atoms with Crippen LogP contribution in [-0.4, -0.2) is 18.7 Å². The summed E-state index contributed by atoms with van der Waals surface area (Å²) < 4.78 is 2.03. The molecule has 4 heteroatoms. The summed E-state index contributed by atoms with van der Waals surface area (Å²) in [6.45, 7) is 3.22. The second kappa shape index (κ2) is 5.90. The number of rotatable bonds is 5. The van der Waals surface area contributed by atoms with Crippen molar-refractivity contribution in [1.82, 2.24) is 0 Å². The Morgan fingerprint density at radius 2 is 2.47 bits per heavy atom. The summed E-state index contributed by atoms with van der Waals surface area (Å²) in [6.07, 6.45) is 5.58. The highest BCUT2D eigenvalue weighted by molar-refractivity contribution is 5.78. The van der Waals surface area contributed by atoms with Gasteiger partial charge in [0.05, 0.1) is 5.56 Å². The van der Waals surface area contributed by atoms with E-state index in [9.17, 15) is 9.90 Å². The van der Waals surface area contributed by atoms with E-state index in [1.807, 2.05) is 29.1 Å². The van der Waals surface area contributed by atoms with Crippen LogP contribution < -0.4 is 9.67 Å². The summed E-state index contributed by atoms with van der Waals surface area (Å²) in [7, 11) is 0. The van der Waals surface area contributed by atoms with Crippen molar-refractivity contribution in [3.8, 4) is 0 Å². The number of carbonyl (C=O) groups excluding carboxylic acids is 1. The van der Waals surface area contributed by atoms with Crippen LogP contribution in [0.2, 0.25) is 0 Å². The largest absolute Gasteiger partial charge is 0.550 e. The van der Waals surface area contributed by atoms with Crippen LogP contribution in [0.5, 0.6) is 0 Å². The van der Waals surface area contributed by atoms with E-state index in [2.05, 4.69) is 11.9 Å². The molecule has 1 rings (SSSR count). The van der Waals surface area contributed by atoms with Crippen molar-refractivity contribution in [2.45, 2.75) is 19.9 Å². The van der Waals surface area contributed by atoms with E-state index in [-0.39, 0.29) is 13.0 Å². The quantitative estimate of drug-likeness (QED) is 0.484. The summed E-state index contributed by atoms with van der Waals surface area (Å²) in [5, 5.41) is 10.1. The van der Waals surface area contributed by atoms with Gasteiger partial charge in [-0.3, -0.25) is 4.99 Å². The van der Waals surface area contributed by atoms with Gasteiger partial charge in [-0.25, -0.2) is 4.57 Å². The molecule has 1 aromatic rings. The van der Waals surface area contributed by atoms with Gasteiger partial charge in [0.2, 0.25) is 0 Å². The number of pyridine rings is 1. The minimum absolute atomic E-state index is 0.0306. The molecule has 1 heterocycles. The van der Waals surface area contributed by atoms with Gasteiger partial charge in [0.15, 0.2) is 12.4 Å². The average Bonchev–Trinajstić information content (AvgIpc) is 2.24. The fourth-order valence-electron chi connectivity index (χ4n) is 1.14. The first-order valence-corrected chi connectivity index (χ1v) is 4.91.